The van der Waals surface area contributed by atoms with Gasteiger partial charge in [0, 0.05) is 18.0 Å². The van der Waals surface area contributed by atoms with Gasteiger partial charge in [-0.3, -0.25) is 23.5 Å². The van der Waals surface area contributed by atoms with Crippen molar-refractivity contribution < 1.29 is 18.7 Å². The number of halogens is 1. The maximum absolute atomic E-state index is 13.3. The number of amides is 2. The quantitative estimate of drug-likeness (QED) is 0.281. The number of benzene rings is 2. The van der Waals surface area contributed by atoms with Crippen molar-refractivity contribution in [2.24, 2.45) is 0 Å². The highest BCUT2D eigenvalue weighted by Crippen LogP contribution is 2.27. The van der Waals surface area contributed by atoms with E-state index in [0.29, 0.717) is 52.5 Å². The van der Waals surface area contributed by atoms with Crippen LogP contribution in [0, 0.1) is 0 Å². The van der Waals surface area contributed by atoms with Gasteiger partial charge in [-0.15, -0.1) is 0 Å². The van der Waals surface area contributed by atoms with Crippen molar-refractivity contribution in [1.82, 2.24) is 14.5 Å². The average molecular weight is 539 g/mol. The van der Waals surface area contributed by atoms with E-state index < -0.39 is 17.2 Å². The SMILES string of the molecule is COc1ccc(Cl)cc1NC(=O)Cn1c(=O)n(CCCCC(=O)NCc2ccco2)c(=O)c2ccccc21. The minimum atomic E-state index is -0.607. The van der Waals surface area contributed by atoms with Crippen LogP contribution in [0.5, 0.6) is 5.75 Å². The summed E-state index contributed by atoms with van der Waals surface area (Å²) in [7, 11) is 1.47. The van der Waals surface area contributed by atoms with Crippen molar-refractivity contribution in [2.45, 2.75) is 38.9 Å². The summed E-state index contributed by atoms with van der Waals surface area (Å²) in [6.07, 6.45) is 2.67. The summed E-state index contributed by atoms with van der Waals surface area (Å²) in [6.45, 7) is 0.0754. The van der Waals surface area contributed by atoms with Crippen LogP contribution in [-0.4, -0.2) is 28.1 Å². The Balaban J connectivity index is 1.48. The molecular weight excluding hydrogens is 512 g/mol. The molecule has 0 atom stereocenters. The first-order valence-corrected chi connectivity index (χ1v) is 12.4. The van der Waals surface area contributed by atoms with Crippen LogP contribution in [0.4, 0.5) is 5.69 Å². The van der Waals surface area contributed by atoms with Crippen LogP contribution < -0.4 is 26.6 Å². The van der Waals surface area contributed by atoms with Crippen LogP contribution in [0.25, 0.3) is 10.9 Å². The van der Waals surface area contributed by atoms with Crippen LogP contribution in [0.3, 0.4) is 0 Å². The number of anilines is 1. The zero-order chi connectivity index (χ0) is 27.1. The third kappa shape index (κ3) is 6.33. The maximum atomic E-state index is 13.3. The topological polar surface area (TPSA) is 125 Å². The number of unbranched alkanes of at least 4 members (excludes halogenated alkanes) is 1. The van der Waals surface area contributed by atoms with Gasteiger partial charge in [0.15, 0.2) is 0 Å². The predicted octanol–water partition coefficient (Wildman–Crippen LogP) is 3.54. The van der Waals surface area contributed by atoms with Gasteiger partial charge in [-0.25, -0.2) is 4.79 Å². The van der Waals surface area contributed by atoms with Crippen molar-refractivity contribution in [3.05, 3.63) is 92.5 Å². The number of methoxy groups -OCH3 is 1. The molecule has 4 aromatic rings. The summed E-state index contributed by atoms with van der Waals surface area (Å²) < 4.78 is 12.8. The number of rotatable bonds is 11. The number of aromatic nitrogens is 2. The van der Waals surface area contributed by atoms with E-state index in [1.807, 2.05) is 0 Å². The number of carbonyl (C=O) groups excluding carboxylic acids is 2. The summed E-state index contributed by atoms with van der Waals surface area (Å²) in [4.78, 5) is 51.5. The lowest BCUT2D eigenvalue weighted by Gasteiger charge is -2.15. The highest BCUT2D eigenvalue weighted by Gasteiger charge is 2.16. The first-order chi connectivity index (χ1) is 18.4. The molecule has 2 amide bonds. The summed E-state index contributed by atoms with van der Waals surface area (Å²) >= 11 is 6.05. The van der Waals surface area contributed by atoms with Crippen LogP contribution in [-0.2, 0) is 29.2 Å². The molecule has 38 heavy (non-hydrogen) atoms. The van der Waals surface area contributed by atoms with Crippen LogP contribution in [0.1, 0.15) is 25.0 Å². The number of nitrogens with one attached hydrogen (secondary N) is 2. The Morgan fingerprint density at radius 3 is 2.58 bits per heavy atom. The zero-order valence-electron chi connectivity index (χ0n) is 20.7. The number of ether oxygens (including phenoxy) is 1. The summed E-state index contributed by atoms with van der Waals surface area (Å²) in [6, 6.07) is 14.9. The van der Waals surface area contributed by atoms with E-state index in [-0.39, 0.29) is 25.4 Å². The lowest BCUT2D eigenvalue weighted by molar-refractivity contribution is -0.121. The van der Waals surface area contributed by atoms with Crippen molar-refractivity contribution in [3.63, 3.8) is 0 Å². The molecular formula is C27H27ClN4O6. The molecule has 0 aliphatic carbocycles. The van der Waals surface area contributed by atoms with Gasteiger partial charge in [0.25, 0.3) is 5.56 Å². The number of hydrogen-bond acceptors (Lipinski definition) is 6. The lowest BCUT2D eigenvalue weighted by Crippen LogP contribution is -2.41. The third-order valence-electron chi connectivity index (χ3n) is 5.94. The average Bonchev–Trinajstić information content (AvgIpc) is 3.43. The fourth-order valence-electron chi connectivity index (χ4n) is 4.07. The standard InChI is InChI=1S/C27H27ClN4O6/c1-37-23-12-11-18(28)15-21(23)30-25(34)17-32-22-9-3-2-8-20(22)26(35)31(27(32)36)13-5-4-10-24(33)29-16-19-7-6-14-38-19/h2-3,6-9,11-12,14-15H,4-5,10,13,16-17H2,1H3,(H,29,33)(H,30,34). The molecule has 0 aliphatic heterocycles. The van der Waals surface area contributed by atoms with E-state index in [2.05, 4.69) is 10.6 Å². The molecule has 198 valence electrons. The van der Waals surface area contributed by atoms with Crippen molar-refractivity contribution in [1.29, 1.82) is 0 Å². The Bertz CT molecular complexity index is 1560. The summed E-state index contributed by atoms with van der Waals surface area (Å²) in [5.74, 6) is 0.423. The molecule has 0 saturated carbocycles. The first-order valence-electron chi connectivity index (χ1n) is 12.0. The van der Waals surface area contributed by atoms with E-state index >= 15 is 0 Å². The molecule has 2 aromatic heterocycles. The van der Waals surface area contributed by atoms with Gasteiger partial charge in [-0.05, 0) is 55.3 Å². The van der Waals surface area contributed by atoms with Crippen LogP contribution >= 0.6 is 11.6 Å². The minimum Gasteiger partial charge on any atom is -0.495 e. The Morgan fingerprint density at radius 1 is 1.00 bits per heavy atom. The second kappa shape index (κ2) is 12.3. The monoisotopic (exact) mass is 538 g/mol. The van der Waals surface area contributed by atoms with Crippen molar-refractivity contribution in [2.75, 3.05) is 12.4 Å². The van der Waals surface area contributed by atoms with Gasteiger partial charge in [0.05, 0.1) is 36.5 Å². The fourth-order valence-corrected chi connectivity index (χ4v) is 4.25. The molecule has 0 saturated heterocycles. The molecule has 0 spiro atoms. The van der Waals surface area contributed by atoms with Gasteiger partial charge in [0.1, 0.15) is 18.1 Å². The Hall–Kier alpha value is -4.31. The van der Waals surface area contributed by atoms with E-state index in [9.17, 15) is 19.2 Å². The molecule has 10 nitrogen and oxygen atoms in total. The van der Waals surface area contributed by atoms with E-state index in [4.69, 9.17) is 20.8 Å². The third-order valence-corrected chi connectivity index (χ3v) is 6.18. The molecule has 0 bridgehead atoms. The van der Waals surface area contributed by atoms with Gasteiger partial charge >= 0.3 is 5.69 Å². The lowest BCUT2D eigenvalue weighted by atomic mass is 10.2. The van der Waals surface area contributed by atoms with E-state index in [1.165, 1.54) is 17.9 Å². The molecule has 0 radical (unpaired) electrons. The highest BCUT2D eigenvalue weighted by atomic mass is 35.5. The van der Waals surface area contributed by atoms with Gasteiger partial charge in [0.2, 0.25) is 11.8 Å². The Labute approximate surface area is 222 Å². The summed E-state index contributed by atoms with van der Waals surface area (Å²) in [5, 5.41) is 6.21. The van der Waals surface area contributed by atoms with E-state index in [0.717, 1.165) is 4.57 Å². The first kappa shape index (κ1) is 26.7. The number of fused-ring (bicyclic) bond motifs is 1. The summed E-state index contributed by atoms with van der Waals surface area (Å²) in [5.41, 5.74) is -0.338. The smallest absolute Gasteiger partial charge is 0.331 e. The molecule has 2 aromatic carbocycles. The zero-order valence-corrected chi connectivity index (χ0v) is 21.5. The molecule has 2 heterocycles. The number of carbonyl (C=O) groups is 2. The maximum Gasteiger partial charge on any atom is 0.331 e. The molecule has 0 unspecified atom stereocenters. The van der Waals surface area contributed by atoms with E-state index in [1.54, 1.807) is 54.6 Å². The molecule has 0 aliphatic rings. The number of furan rings is 1. The van der Waals surface area contributed by atoms with Crippen molar-refractivity contribution in [3.8, 4) is 5.75 Å². The highest BCUT2D eigenvalue weighted by molar-refractivity contribution is 6.31. The number of para-hydroxylation sites is 1. The van der Waals surface area contributed by atoms with Gasteiger partial charge in [-0.1, -0.05) is 23.7 Å². The number of hydrogen-bond donors (Lipinski definition) is 2. The number of nitrogens with zero attached hydrogens (tertiary/aromatic N) is 2. The Kier molecular flexibility index (Phi) is 8.65. The largest absolute Gasteiger partial charge is 0.495 e. The Morgan fingerprint density at radius 2 is 1.82 bits per heavy atom. The van der Waals surface area contributed by atoms with Gasteiger partial charge in [-0.2, -0.15) is 0 Å². The second-order valence-corrected chi connectivity index (χ2v) is 8.99. The second-order valence-electron chi connectivity index (χ2n) is 8.55. The van der Waals surface area contributed by atoms with Crippen molar-refractivity contribution >= 4 is 40.0 Å². The van der Waals surface area contributed by atoms with Gasteiger partial charge < -0.3 is 19.8 Å². The van der Waals surface area contributed by atoms with Crippen LogP contribution in [0.15, 0.2) is 74.9 Å². The normalized spacial score (nSPS) is 10.9. The molecule has 2 N–H and O–H groups in total. The van der Waals surface area contributed by atoms with Crippen LogP contribution in [0.2, 0.25) is 5.02 Å². The molecule has 4 rings (SSSR count). The fraction of sp³-hybridized carbons (Fsp3) is 0.259. The molecule has 0 fully saturated rings. The molecule has 11 heteroatoms. The minimum absolute atomic E-state index is 0.109. The predicted molar refractivity (Wildman–Crippen MR) is 144 cm³/mol.